The summed E-state index contributed by atoms with van der Waals surface area (Å²) in [6.45, 7) is 3.54. The number of nitrogens with two attached hydrogens (primary N) is 4. The Bertz CT molecular complexity index is 832. The summed E-state index contributed by atoms with van der Waals surface area (Å²) in [5.74, 6) is 1.56. The standard InChI is InChI=1S/2C9H13N3O.H2O4S/c2*1-7(12-9(10)11)13-8-5-3-2-4-6-8;1-5(2,3)4/h2*2-7H,1H3,(H4,10,11,12);(H2,1,2,3,4)/p-2. The number of rotatable bonds is 6. The van der Waals surface area contributed by atoms with Gasteiger partial charge in [0, 0.05) is 10.4 Å². The smallest absolute Gasteiger partial charge is 0.190 e. The molecule has 0 heterocycles. The largest absolute Gasteiger partial charge is 0.759 e. The number of ether oxygens (including phenoxy) is 2. The van der Waals surface area contributed by atoms with E-state index in [1.54, 1.807) is 13.8 Å². The van der Waals surface area contributed by atoms with E-state index in [4.69, 9.17) is 49.9 Å². The third-order valence-electron chi connectivity index (χ3n) is 2.76. The summed E-state index contributed by atoms with van der Waals surface area (Å²) in [7, 11) is -5.17. The first-order valence-corrected chi connectivity index (χ1v) is 9.97. The lowest BCUT2D eigenvalue weighted by Gasteiger charge is -2.09. The molecule has 0 aliphatic rings. The summed E-state index contributed by atoms with van der Waals surface area (Å²) in [5.41, 5.74) is 20.8. The van der Waals surface area contributed by atoms with Gasteiger partial charge in [-0.05, 0) is 38.1 Å². The van der Waals surface area contributed by atoms with Crippen molar-refractivity contribution in [2.45, 2.75) is 26.3 Å². The van der Waals surface area contributed by atoms with Gasteiger partial charge in [0.25, 0.3) is 0 Å². The molecule has 0 aliphatic carbocycles. The molecule has 0 amide bonds. The average Bonchev–Trinajstić information content (AvgIpc) is 2.61. The molecule has 31 heavy (non-hydrogen) atoms. The molecule has 172 valence electrons. The Kier molecular flexibility index (Phi) is 12.8. The van der Waals surface area contributed by atoms with Crippen LogP contribution in [0.1, 0.15) is 13.8 Å². The zero-order chi connectivity index (χ0) is 23.9. The quantitative estimate of drug-likeness (QED) is 0.198. The van der Waals surface area contributed by atoms with Crippen molar-refractivity contribution in [1.29, 1.82) is 0 Å². The number of hydrogen-bond donors (Lipinski definition) is 4. The van der Waals surface area contributed by atoms with E-state index in [-0.39, 0.29) is 24.4 Å². The van der Waals surface area contributed by atoms with Gasteiger partial charge in [-0.1, -0.05) is 36.4 Å². The molecule has 12 nitrogen and oxygen atoms in total. The second-order valence-electron chi connectivity index (χ2n) is 5.58. The maximum atomic E-state index is 8.52. The van der Waals surface area contributed by atoms with Crippen LogP contribution < -0.4 is 32.4 Å². The molecule has 0 radical (unpaired) electrons. The summed E-state index contributed by atoms with van der Waals surface area (Å²) in [5, 5.41) is 0. The van der Waals surface area contributed by atoms with E-state index < -0.39 is 10.4 Å². The second kappa shape index (κ2) is 14.4. The van der Waals surface area contributed by atoms with Crippen molar-refractivity contribution < 1.29 is 27.0 Å². The molecule has 2 aromatic rings. The lowest BCUT2D eigenvalue weighted by atomic mass is 10.3. The molecule has 2 unspecified atom stereocenters. The fraction of sp³-hybridized carbons (Fsp3) is 0.222. The van der Waals surface area contributed by atoms with Crippen LogP contribution in [0.3, 0.4) is 0 Å². The van der Waals surface area contributed by atoms with Crippen molar-refractivity contribution in [3.8, 4) is 11.5 Å². The number of guanidine groups is 2. The van der Waals surface area contributed by atoms with E-state index in [0.717, 1.165) is 11.5 Å². The van der Waals surface area contributed by atoms with Crippen LogP contribution in [-0.4, -0.2) is 41.9 Å². The number of para-hydroxylation sites is 2. The first-order valence-electron chi connectivity index (χ1n) is 8.64. The van der Waals surface area contributed by atoms with Crippen molar-refractivity contribution >= 4 is 22.3 Å². The predicted octanol–water partition coefficient (Wildman–Crippen LogP) is 0.0316. The summed E-state index contributed by atoms with van der Waals surface area (Å²) >= 11 is 0. The third kappa shape index (κ3) is 19.5. The molecule has 2 rings (SSSR count). The molecular weight excluding hydrogens is 428 g/mol. The van der Waals surface area contributed by atoms with E-state index in [9.17, 15) is 0 Å². The van der Waals surface area contributed by atoms with Gasteiger partial charge in [0.05, 0.1) is 0 Å². The van der Waals surface area contributed by atoms with E-state index >= 15 is 0 Å². The normalized spacial score (nSPS) is 11.7. The van der Waals surface area contributed by atoms with Gasteiger partial charge in [-0.25, -0.2) is 9.98 Å². The molecule has 0 aromatic heterocycles. The summed E-state index contributed by atoms with van der Waals surface area (Å²) in [4.78, 5) is 7.65. The van der Waals surface area contributed by atoms with Crippen molar-refractivity contribution in [2.75, 3.05) is 0 Å². The highest BCUT2D eigenvalue weighted by atomic mass is 32.3. The first kappa shape index (κ1) is 27.5. The van der Waals surface area contributed by atoms with Crippen molar-refractivity contribution in [1.82, 2.24) is 0 Å². The maximum absolute atomic E-state index is 8.52. The Labute approximate surface area is 181 Å². The van der Waals surface area contributed by atoms with Crippen molar-refractivity contribution in [3.05, 3.63) is 60.7 Å². The Morgan fingerprint density at radius 2 is 1.00 bits per heavy atom. The Morgan fingerprint density at radius 3 is 1.23 bits per heavy atom. The number of aliphatic imine (C=N–C) groups is 2. The highest BCUT2D eigenvalue weighted by Crippen LogP contribution is 2.11. The zero-order valence-electron chi connectivity index (χ0n) is 17.0. The number of nitrogens with zero attached hydrogens (tertiary/aromatic N) is 2. The third-order valence-corrected chi connectivity index (χ3v) is 2.76. The maximum Gasteiger partial charge on any atom is 0.190 e. The van der Waals surface area contributed by atoms with Gasteiger partial charge in [-0.3, -0.25) is 8.42 Å². The van der Waals surface area contributed by atoms with E-state index in [0.29, 0.717) is 0 Å². The molecule has 2 aromatic carbocycles. The SMILES string of the molecule is CC(N=C(N)N)Oc1ccccc1.CC(N=C(N)N)Oc1ccccc1.O=S(=O)([O-])[O-]. The second-order valence-corrected chi connectivity index (χ2v) is 6.39. The van der Waals surface area contributed by atoms with Crippen molar-refractivity contribution in [2.24, 2.45) is 32.9 Å². The molecule has 0 spiro atoms. The van der Waals surface area contributed by atoms with Gasteiger partial charge in [0.1, 0.15) is 11.5 Å². The number of benzene rings is 2. The van der Waals surface area contributed by atoms with Gasteiger partial charge in [0.15, 0.2) is 24.4 Å². The topological polar surface area (TPSA) is 228 Å². The van der Waals surface area contributed by atoms with Gasteiger partial charge in [0.2, 0.25) is 0 Å². The molecule has 8 N–H and O–H groups in total. The Morgan fingerprint density at radius 1 is 0.742 bits per heavy atom. The van der Waals surface area contributed by atoms with Crippen LogP contribution in [0.2, 0.25) is 0 Å². The van der Waals surface area contributed by atoms with Crippen LogP contribution in [0.5, 0.6) is 11.5 Å². The Hall–Kier alpha value is -3.55. The van der Waals surface area contributed by atoms with Crippen LogP contribution in [0.25, 0.3) is 0 Å². The van der Waals surface area contributed by atoms with Gasteiger partial charge in [-0.2, -0.15) is 0 Å². The van der Waals surface area contributed by atoms with E-state index in [1.807, 2.05) is 60.7 Å². The minimum Gasteiger partial charge on any atom is -0.759 e. The summed E-state index contributed by atoms with van der Waals surface area (Å²) < 4.78 is 44.8. The fourth-order valence-corrected chi connectivity index (χ4v) is 1.86. The highest BCUT2D eigenvalue weighted by molar-refractivity contribution is 7.79. The van der Waals surface area contributed by atoms with Gasteiger partial charge >= 0.3 is 0 Å². The summed E-state index contributed by atoms with van der Waals surface area (Å²) in [6, 6.07) is 18.8. The molecule has 0 bridgehead atoms. The van der Waals surface area contributed by atoms with Crippen LogP contribution in [0.4, 0.5) is 0 Å². The lowest BCUT2D eigenvalue weighted by Crippen LogP contribution is -2.26. The average molecular weight is 455 g/mol. The predicted molar refractivity (Wildman–Crippen MR) is 115 cm³/mol. The molecule has 0 fully saturated rings. The van der Waals surface area contributed by atoms with Gasteiger partial charge in [-0.15, -0.1) is 0 Å². The molecule has 13 heteroatoms. The molecule has 0 aliphatic heterocycles. The molecule has 0 saturated heterocycles. The van der Waals surface area contributed by atoms with Crippen LogP contribution in [-0.2, 0) is 10.4 Å². The highest BCUT2D eigenvalue weighted by Gasteiger charge is 2.00. The number of hydrogen-bond acceptors (Lipinski definition) is 8. The van der Waals surface area contributed by atoms with Crippen LogP contribution >= 0.6 is 0 Å². The van der Waals surface area contributed by atoms with Crippen molar-refractivity contribution in [3.63, 3.8) is 0 Å². The fourth-order valence-electron chi connectivity index (χ4n) is 1.86. The minimum absolute atomic E-state index is 0.0310. The van der Waals surface area contributed by atoms with Gasteiger partial charge < -0.3 is 41.5 Å². The molecule has 2 atom stereocenters. The minimum atomic E-state index is -5.17. The Balaban J connectivity index is 0.000000479. The lowest BCUT2D eigenvalue weighted by molar-refractivity contribution is 0.231. The van der Waals surface area contributed by atoms with E-state index in [2.05, 4.69) is 9.98 Å². The molecule has 0 saturated carbocycles. The zero-order valence-corrected chi connectivity index (χ0v) is 17.8. The monoisotopic (exact) mass is 454 g/mol. The van der Waals surface area contributed by atoms with Crippen LogP contribution in [0.15, 0.2) is 70.6 Å². The molecular formula is C18H26N6O6S-2. The summed E-state index contributed by atoms with van der Waals surface area (Å²) in [6.07, 6.45) is -0.709. The van der Waals surface area contributed by atoms with Crippen LogP contribution in [0, 0.1) is 0 Å². The first-order chi connectivity index (χ1) is 14.4. The van der Waals surface area contributed by atoms with E-state index in [1.165, 1.54) is 0 Å².